The van der Waals surface area contributed by atoms with Crippen LogP contribution in [0.5, 0.6) is 0 Å². The number of aryl methyl sites for hydroxylation is 1. The van der Waals surface area contributed by atoms with Crippen molar-refractivity contribution in [3.63, 3.8) is 0 Å². The van der Waals surface area contributed by atoms with E-state index in [0.717, 1.165) is 24.0 Å². The van der Waals surface area contributed by atoms with Gasteiger partial charge in [0.2, 0.25) is 5.91 Å². The summed E-state index contributed by atoms with van der Waals surface area (Å²) in [7, 11) is 0. The molecule has 1 fully saturated rings. The fourth-order valence-corrected chi connectivity index (χ4v) is 2.67. The Hall–Kier alpha value is -1.84. The second-order valence-corrected chi connectivity index (χ2v) is 5.11. The number of nitrogens with zero attached hydrogens (tertiary/aromatic N) is 1. The zero-order valence-electron chi connectivity index (χ0n) is 11.3. The van der Waals surface area contributed by atoms with E-state index in [9.17, 15) is 9.59 Å². The van der Waals surface area contributed by atoms with Gasteiger partial charge in [-0.3, -0.25) is 9.59 Å². The summed E-state index contributed by atoms with van der Waals surface area (Å²) in [6.07, 6.45) is 1.83. The lowest BCUT2D eigenvalue weighted by molar-refractivity contribution is -0.150. The minimum atomic E-state index is -1.06. The highest BCUT2D eigenvalue weighted by Gasteiger charge is 2.35. The molecule has 0 spiro atoms. The SMILES string of the molecule is Cc1ccccc1C1CCCN1C(=O)C(C)C(=O)O. The highest BCUT2D eigenvalue weighted by Crippen LogP contribution is 2.34. The van der Waals surface area contributed by atoms with Crippen molar-refractivity contribution in [1.29, 1.82) is 0 Å². The molecule has 0 saturated carbocycles. The minimum Gasteiger partial charge on any atom is -0.481 e. The standard InChI is InChI=1S/C15H19NO3/c1-10-6-3-4-7-12(10)13-8-5-9-16(13)14(17)11(2)15(18)19/h3-4,6-7,11,13H,5,8-9H2,1-2H3,(H,18,19). The largest absolute Gasteiger partial charge is 0.481 e. The number of likely N-dealkylation sites (tertiary alicyclic amines) is 1. The van der Waals surface area contributed by atoms with Gasteiger partial charge >= 0.3 is 5.97 Å². The molecule has 0 aliphatic carbocycles. The molecule has 0 bridgehead atoms. The fourth-order valence-electron chi connectivity index (χ4n) is 2.67. The summed E-state index contributed by atoms with van der Waals surface area (Å²) < 4.78 is 0. The molecule has 2 atom stereocenters. The molecule has 1 heterocycles. The van der Waals surface area contributed by atoms with Crippen molar-refractivity contribution in [3.8, 4) is 0 Å². The molecule has 4 nitrogen and oxygen atoms in total. The first-order chi connectivity index (χ1) is 9.02. The van der Waals surface area contributed by atoms with E-state index < -0.39 is 11.9 Å². The predicted octanol–water partition coefficient (Wildman–Crippen LogP) is 2.38. The van der Waals surface area contributed by atoms with Gasteiger partial charge in [0, 0.05) is 6.54 Å². The lowest BCUT2D eigenvalue weighted by atomic mass is 9.98. The Morgan fingerprint density at radius 3 is 2.68 bits per heavy atom. The number of rotatable bonds is 3. The summed E-state index contributed by atoms with van der Waals surface area (Å²) in [6.45, 7) is 4.13. The van der Waals surface area contributed by atoms with Gasteiger partial charge < -0.3 is 10.0 Å². The van der Waals surface area contributed by atoms with Crippen LogP contribution in [0.2, 0.25) is 0 Å². The van der Waals surface area contributed by atoms with E-state index in [1.807, 2.05) is 31.2 Å². The number of carbonyl (C=O) groups excluding carboxylic acids is 1. The molecule has 0 radical (unpaired) electrons. The van der Waals surface area contributed by atoms with Gasteiger partial charge in [-0.2, -0.15) is 0 Å². The third kappa shape index (κ3) is 2.62. The quantitative estimate of drug-likeness (QED) is 0.850. The number of carboxylic acids is 1. The first kappa shape index (κ1) is 13.6. The van der Waals surface area contributed by atoms with Crippen LogP contribution < -0.4 is 0 Å². The van der Waals surface area contributed by atoms with Gasteiger partial charge in [-0.05, 0) is 37.8 Å². The summed E-state index contributed by atoms with van der Waals surface area (Å²) in [6, 6.07) is 8.01. The first-order valence-electron chi connectivity index (χ1n) is 6.61. The van der Waals surface area contributed by atoms with Crippen molar-refractivity contribution < 1.29 is 14.7 Å². The van der Waals surface area contributed by atoms with Crippen LogP contribution in [0.4, 0.5) is 0 Å². The van der Waals surface area contributed by atoms with Crippen molar-refractivity contribution in [3.05, 3.63) is 35.4 Å². The van der Waals surface area contributed by atoms with Crippen LogP contribution >= 0.6 is 0 Å². The predicted molar refractivity (Wildman–Crippen MR) is 71.7 cm³/mol. The average Bonchev–Trinajstić information content (AvgIpc) is 2.86. The monoisotopic (exact) mass is 261 g/mol. The van der Waals surface area contributed by atoms with Crippen LogP contribution in [-0.2, 0) is 9.59 Å². The van der Waals surface area contributed by atoms with Gasteiger partial charge in [-0.25, -0.2) is 0 Å². The topological polar surface area (TPSA) is 57.6 Å². The zero-order valence-corrected chi connectivity index (χ0v) is 11.3. The molecule has 1 N–H and O–H groups in total. The Labute approximate surface area is 113 Å². The Morgan fingerprint density at radius 1 is 1.37 bits per heavy atom. The van der Waals surface area contributed by atoms with Crippen molar-refractivity contribution in [1.82, 2.24) is 4.90 Å². The van der Waals surface area contributed by atoms with Crippen LogP contribution in [-0.4, -0.2) is 28.4 Å². The third-order valence-electron chi connectivity index (χ3n) is 3.82. The van der Waals surface area contributed by atoms with Crippen LogP contribution in [0, 0.1) is 12.8 Å². The molecule has 2 rings (SSSR count). The molecule has 19 heavy (non-hydrogen) atoms. The van der Waals surface area contributed by atoms with E-state index >= 15 is 0 Å². The van der Waals surface area contributed by atoms with E-state index in [1.54, 1.807) is 4.90 Å². The number of benzene rings is 1. The summed E-state index contributed by atoms with van der Waals surface area (Å²) in [4.78, 5) is 24.9. The van der Waals surface area contributed by atoms with Crippen molar-refractivity contribution in [2.45, 2.75) is 32.7 Å². The number of aliphatic carboxylic acids is 1. The van der Waals surface area contributed by atoms with Gasteiger partial charge in [0.1, 0.15) is 5.92 Å². The van der Waals surface area contributed by atoms with Gasteiger partial charge in [-0.15, -0.1) is 0 Å². The molecule has 1 aliphatic heterocycles. The van der Waals surface area contributed by atoms with Crippen molar-refractivity contribution >= 4 is 11.9 Å². The number of hydrogen-bond acceptors (Lipinski definition) is 2. The third-order valence-corrected chi connectivity index (χ3v) is 3.82. The second kappa shape index (κ2) is 5.43. The smallest absolute Gasteiger partial charge is 0.315 e. The normalized spacial score (nSPS) is 20.3. The minimum absolute atomic E-state index is 0.0236. The van der Waals surface area contributed by atoms with E-state index in [-0.39, 0.29) is 11.9 Å². The molecule has 1 amide bonds. The molecular weight excluding hydrogens is 242 g/mol. The summed E-state index contributed by atoms with van der Waals surface area (Å²) >= 11 is 0. The van der Waals surface area contributed by atoms with Crippen molar-refractivity contribution in [2.24, 2.45) is 5.92 Å². The Balaban J connectivity index is 2.25. The lowest BCUT2D eigenvalue weighted by Gasteiger charge is -2.27. The first-order valence-corrected chi connectivity index (χ1v) is 6.61. The molecule has 1 aromatic carbocycles. The van der Waals surface area contributed by atoms with Gasteiger partial charge in [-0.1, -0.05) is 24.3 Å². The van der Waals surface area contributed by atoms with E-state index in [4.69, 9.17) is 5.11 Å². The maximum Gasteiger partial charge on any atom is 0.315 e. The highest BCUT2D eigenvalue weighted by atomic mass is 16.4. The summed E-state index contributed by atoms with van der Waals surface area (Å²) in [5.74, 6) is -2.30. The summed E-state index contributed by atoms with van der Waals surface area (Å²) in [5.41, 5.74) is 2.28. The Bertz CT molecular complexity index is 498. The molecule has 1 saturated heterocycles. The van der Waals surface area contributed by atoms with E-state index in [1.165, 1.54) is 6.92 Å². The fraction of sp³-hybridized carbons (Fsp3) is 0.467. The van der Waals surface area contributed by atoms with E-state index in [0.29, 0.717) is 6.54 Å². The Morgan fingerprint density at radius 2 is 2.05 bits per heavy atom. The van der Waals surface area contributed by atoms with Gasteiger partial charge in [0.25, 0.3) is 0 Å². The number of carbonyl (C=O) groups is 2. The van der Waals surface area contributed by atoms with E-state index in [2.05, 4.69) is 0 Å². The maximum absolute atomic E-state index is 12.2. The number of carboxylic acid groups (broad SMARTS) is 1. The average molecular weight is 261 g/mol. The van der Waals surface area contributed by atoms with Gasteiger partial charge in [0.05, 0.1) is 6.04 Å². The molecule has 1 aliphatic rings. The zero-order chi connectivity index (χ0) is 14.0. The molecule has 4 heteroatoms. The lowest BCUT2D eigenvalue weighted by Crippen LogP contribution is -2.37. The van der Waals surface area contributed by atoms with Crippen molar-refractivity contribution in [2.75, 3.05) is 6.54 Å². The molecule has 0 aromatic heterocycles. The number of amides is 1. The summed E-state index contributed by atoms with van der Waals surface area (Å²) in [5, 5.41) is 8.98. The molecule has 2 unspecified atom stereocenters. The van der Waals surface area contributed by atoms with Gasteiger partial charge in [0.15, 0.2) is 0 Å². The second-order valence-electron chi connectivity index (χ2n) is 5.11. The number of hydrogen-bond donors (Lipinski definition) is 1. The molecule has 1 aromatic rings. The van der Waals surface area contributed by atoms with Crippen LogP contribution in [0.3, 0.4) is 0 Å². The molecular formula is C15H19NO3. The van der Waals surface area contributed by atoms with Crippen LogP contribution in [0.1, 0.15) is 36.9 Å². The van der Waals surface area contributed by atoms with Crippen LogP contribution in [0.15, 0.2) is 24.3 Å². The highest BCUT2D eigenvalue weighted by molar-refractivity contribution is 5.96. The Kier molecular flexibility index (Phi) is 3.88. The maximum atomic E-state index is 12.2. The van der Waals surface area contributed by atoms with Crippen LogP contribution in [0.25, 0.3) is 0 Å². The molecule has 102 valence electrons.